The van der Waals surface area contributed by atoms with E-state index in [0.717, 1.165) is 18.9 Å². The van der Waals surface area contributed by atoms with Crippen LogP contribution in [-0.2, 0) is 4.79 Å². The van der Waals surface area contributed by atoms with Gasteiger partial charge in [0.1, 0.15) is 6.29 Å². The van der Waals surface area contributed by atoms with Crippen molar-refractivity contribution in [1.82, 2.24) is 9.97 Å². The summed E-state index contributed by atoms with van der Waals surface area (Å²) < 4.78 is 13.5. The Morgan fingerprint density at radius 3 is 3.00 bits per heavy atom. The van der Waals surface area contributed by atoms with Crippen molar-refractivity contribution in [2.45, 2.75) is 12.5 Å². The SMILES string of the molecule is O=C[C@@H]1[C@H](Nc2nc(Cl)ncc2F)[C@H]2C=C[C@@H]1C2. The quantitative estimate of drug-likeness (QED) is 0.517. The van der Waals surface area contributed by atoms with Crippen LogP contribution in [0.1, 0.15) is 6.42 Å². The summed E-state index contributed by atoms with van der Waals surface area (Å²) in [5, 5.41) is 2.98. The summed E-state index contributed by atoms with van der Waals surface area (Å²) in [6, 6.07) is -0.113. The number of nitrogens with one attached hydrogen (secondary N) is 1. The molecule has 0 aromatic carbocycles. The van der Waals surface area contributed by atoms with Crippen molar-refractivity contribution in [2.75, 3.05) is 5.32 Å². The first-order chi connectivity index (χ1) is 8.69. The van der Waals surface area contributed by atoms with E-state index in [1.165, 1.54) is 0 Å². The molecule has 1 aromatic heterocycles. The van der Waals surface area contributed by atoms with E-state index in [1.807, 2.05) is 0 Å². The van der Waals surface area contributed by atoms with Gasteiger partial charge in [-0.15, -0.1) is 0 Å². The van der Waals surface area contributed by atoms with Crippen LogP contribution in [0.2, 0.25) is 5.28 Å². The number of carbonyl (C=O) groups is 1. The maximum atomic E-state index is 13.5. The van der Waals surface area contributed by atoms with Crippen LogP contribution < -0.4 is 5.32 Å². The van der Waals surface area contributed by atoms with Gasteiger partial charge in [0.25, 0.3) is 0 Å². The molecule has 3 rings (SSSR count). The normalized spacial score (nSPS) is 32.8. The predicted molar refractivity (Wildman–Crippen MR) is 64.7 cm³/mol. The Balaban J connectivity index is 1.86. The minimum atomic E-state index is -0.559. The summed E-state index contributed by atoms with van der Waals surface area (Å²) in [6.45, 7) is 0. The van der Waals surface area contributed by atoms with Crippen LogP contribution in [0.4, 0.5) is 10.2 Å². The number of halogens is 2. The van der Waals surface area contributed by atoms with E-state index in [4.69, 9.17) is 11.6 Å². The summed E-state index contributed by atoms with van der Waals surface area (Å²) in [7, 11) is 0. The molecular weight excluding hydrogens is 257 g/mol. The Morgan fingerprint density at radius 1 is 1.44 bits per heavy atom. The highest BCUT2D eigenvalue weighted by Crippen LogP contribution is 2.44. The van der Waals surface area contributed by atoms with Gasteiger partial charge in [0, 0.05) is 12.0 Å². The first-order valence-corrected chi connectivity index (χ1v) is 6.15. The number of hydrogen-bond acceptors (Lipinski definition) is 4. The maximum Gasteiger partial charge on any atom is 0.224 e. The molecule has 2 bridgehead atoms. The van der Waals surface area contributed by atoms with Gasteiger partial charge in [0.05, 0.1) is 6.20 Å². The number of carbonyl (C=O) groups excluding carboxylic acids is 1. The smallest absolute Gasteiger partial charge is 0.224 e. The lowest BCUT2D eigenvalue weighted by molar-refractivity contribution is -0.111. The second-order valence-electron chi connectivity index (χ2n) is 4.67. The Bertz CT molecular complexity index is 522. The van der Waals surface area contributed by atoms with Gasteiger partial charge in [-0.2, -0.15) is 4.98 Å². The lowest BCUT2D eigenvalue weighted by Gasteiger charge is -2.25. The fraction of sp³-hybridized carbons (Fsp3) is 0.417. The molecule has 1 heterocycles. The Morgan fingerprint density at radius 2 is 2.22 bits per heavy atom. The monoisotopic (exact) mass is 267 g/mol. The molecule has 6 heteroatoms. The van der Waals surface area contributed by atoms with Gasteiger partial charge >= 0.3 is 0 Å². The molecule has 94 valence electrons. The van der Waals surface area contributed by atoms with Crippen LogP contribution in [0, 0.1) is 23.6 Å². The molecule has 2 aliphatic rings. The zero-order valence-electron chi connectivity index (χ0n) is 9.38. The predicted octanol–water partition coefficient (Wildman–Crippen LogP) is 2.07. The number of rotatable bonds is 3. The highest BCUT2D eigenvalue weighted by Gasteiger charge is 2.44. The third-order valence-corrected chi connectivity index (χ3v) is 3.88. The molecule has 1 aromatic rings. The molecule has 0 radical (unpaired) electrons. The van der Waals surface area contributed by atoms with Crippen molar-refractivity contribution in [3.05, 3.63) is 29.4 Å². The minimum absolute atomic E-state index is 0.0137. The number of fused-ring (bicyclic) bond motifs is 2. The Kier molecular flexibility index (Phi) is 2.78. The fourth-order valence-corrected chi connectivity index (χ4v) is 2.99. The Labute approximate surface area is 108 Å². The molecular formula is C12H11ClFN3O. The van der Waals surface area contributed by atoms with Crippen molar-refractivity contribution in [3.8, 4) is 0 Å². The van der Waals surface area contributed by atoms with E-state index < -0.39 is 5.82 Å². The minimum Gasteiger partial charge on any atom is -0.363 e. The largest absolute Gasteiger partial charge is 0.363 e. The number of allylic oxidation sites excluding steroid dienone is 1. The first kappa shape index (κ1) is 11.6. The summed E-state index contributed by atoms with van der Waals surface area (Å²) in [5.74, 6) is -0.125. The summed E-state index contributed by atoms with van der Waals surface area (Å²) in [5.41, 5.74) is 0. The molecule has 1 N–H and O–H groups in total. The lowest BCUT2D eigenvalue weighted by atomic mass is 9.90. The third-order valence-electron chi connectivity index (χ3n) is 3.70. The van der Waals surface area contributed by atoms with Crippen LogP contribution in [0.15, 0.2) is 18.3 Å². The van der Waals surface area contributed by atoms with Gasteiger partial charge in [0.15, 0.2) is 11.6 Å². The highest BCUT2D eigenvalue weighted by molar-refractivity contribution is 6.28. The van der Waals surface area contributed by atoms with Crippen molar-refractivity contribution >= 4 is 23.7 Å². The average Bonchev–Trinajstić information content (AvgIpc) is 2.94. The van der Waals surface area contributed by atoms with Crippen LogP contribution in [0.25, 0.3) is 0 Å². The van der Waals surface area contributed by atoms with E-state index in [1.54, 1.807) is 0 Å². The third kappa shape index (κ3) is 1.79. The molecule has 0 saturated heterocycles. The number of aldehydes is 1. The van der Waals surface area contributed by atoms with Gasteiger partial charge in [-0.25, -0.2) is 9.37 Å². The molecule has 0 spiro atoms. The van der Waals surface area contributed by atoms with E-state index in [-0.39, 0.29) is 34.9 Å². The van der Waals surface area contributed by atoms with Gasteiger partial charge in [-0.05, 0) is 29.9 Å². The summed E-state index contributed by atoms with van der Waals surface area (Å²) in [4.78, 5) is 18.5. The molecule has 0 aliphatic heterocycles. The molecule has 0 unspecified atom stereocenters. The van der Waals surface area contributed by atoms with Gasteiger partial charge < -0.3 is 10.1 Å². The highest BCUT2D eigenvalue weighted by atomic mass is 35.5. The second kappa shape index (κ2) is 4.31. The molecule has 1 fully saturated rings. The standard InChI is InChI=1S/C12H11ClFN3O/c13-12-15-4-9(14)11(17-12)16-10-7-2-1-6(3-7)8(10)5-18/h1-2,4-8,10H,3H2,(H,15,16,17)/t6-,7+,8+,10-/m1/s1. The topological polar surface area (TPSA) is 54.9 Å². The number of aromatic nitrogens is 2. The zero-order chi connectivity index (χ0) is 12.7. The van der Waals surface area contributed by atoms with Crippen LogP contribution in [0.5, 0.6) is 0 Å². The van der Waals surface area contributed by atoms with Crippen molar-refractivity contribution in [1.29, 1.82) is 0 Å². The zero-order valence-corrected chi connectivity index (χ0v) is 10.1. The van der Waals surface area contributed by atoms with Crippen molar-refractivity contribution in [2.24, 2.45) is 17.8 Å². The first-order valence-electron chi connectivity index (χ1n) is 5.77. The molecule has 18 heavy (non-hydrogen) atoms. The Hall–Kier alpha value is -1.49. The van der Waals surface area contributed by atoms with E-state index in [0.29, 0.717) is 0 Å². The number of nitrogens with zero attached hydrogens (tertiary/aromatic N) is 2. The lowest BCUT2D eigenvalue weighted by Crippen LogP contribution is -2.34. The van der Waals surface area contributed by atoms with Crippen molar-refractivity contribution in [3.63, 3.8) is 0 Å². The van der Waals surface area contributed by atoms with Gasteiger partial charge in [0.2, 0.25) is 5.28 Å². The van der Waals surface area contributed by atoms with Crippen LogP contribution in [-0.4, -0.2) is 22.3 Å². The molecule has 2 aliphatic carbocycles. The average molecular weight is 268 g/mol. The summed E-state index contributed by atoms with van der Waals surface area (Å²) in [6.07, 6.45) is 7.03. The summed E-state index contributed by atoms with van der Waals surface area (Å²) >= 11 is 5.64. The van der Waals surface area contributed by atoms with Gasteiger partial charge in [-0.3, -0.25) is 0 Å². The molecule has 1 saturated carbocycles. The number of anilines is 1. The van der Waals surface area contributed by atoms with E-state index in [9.17, 15) is 9.18 Å². The van der Waals surface area contributed by atoms with E-state index in [2.05, 4.69) is 27.4 Å². The molecule has 4 atom stereocenters. The molecule has 0 amide bonds. The molecule has 4 nitrogen and oxygen atoms in total. The van der Waals surface area contributed by atoms with Crippen molar-refractivity contribution < 1.29 is 9.18 Å². The number of hydrogen-bond donors (Lipinski definition) is 1. The second-order valence-corrected chi connectivity index (χ2v) is 5.01. The maximum absolute atomic E-state index is 13.5. The van der Waals surface area contributed by atoms with Crippen LogP contribution >= 0.6 is 11.6 Å². The van der Waals surface area contributed by atoms with E-state index >= 15 is 0 Å². The van der Waals surface area contributed by atoms with Gasteiger partial charge in [-0.1, -0.05) is 12.2 Å². The fourth-order valence-electron chi connectivity index (χ4n) is 2.85. The van der Waals surface area contributed by atoms with Crippen LogP contribution in [0.3, 0.4) is 0 Å².